The highest BCUT2D eigenvalue weighted by Crippen LogP contribution is 2.22. The normalized spacial score (nSPS) is 11.8. The highest BCUT2D eigenvalue weighted by molar-refractivity contribution is 7.07. The largest absolute Gasteiger partial charge is 0.497 e. The van der Waals surface area contributed by atoms with Gasteiger partial charge < -0.3 is 14.6 Å². The van der Waals surface area contributed by atoms with Crippen LogP contribution in [-0.4, -0.2) is 17.6 Å². The van der Waals surface area contributed by atoms with E-state index >= 15 is 0 Å². The monoisotopic (exact) mass is 414 g/mol. The number of ether oxygens (including phenoxy) is 1. The number of carbonyl (C=O) groups is 1. The van der Waals surface area contributed by atoms with Crippen molar-refractivity contribution in [1.29, 1.82) is 0 Å². The molecule has 0 fully saturated rings. The van der Waals surface area contributed by atoms with E-state index in [-0.39, 0.29) is 29.1 Å². The van der Waals surface area contributed by atoms with E-state index in [1.165, 1.54) is 12.1 Å². The predicted molar refractivity (Wildman–Crippen MR) is 112 cm³/mol. The Labute approximate surface area is 172 Å². The van der Waals surface area contributed by atoms with Gasteiger partial charge in [-0.05, 0) is 48.7 Å². The van der Waals surface area contributed by atoms with Crippen LogP contribution in [0.5, 0.6) is 5.75 Å². The number of hydrogen-bond donors (Lipinski definition) is 1. The van der Waals surface area contributed by atoms with Crippen LogP contribution in [0.15, 0.2) is 58.7 Å². The van der Waals surface area contributed by atoms with Gasteiger partial charge in [0.25, 0.3) is 0 Å². The van der Waals surface area contributed by atoms with Gasteiger partial charge in [0.05, 0.1) is 13.2 Å². The van der Waals surface area contributed by atoms with Crippen LogP contribution >= 0.6 is 11.3 Å². The van der Waals surface area contributed by atoms with Crippen LogP contribution in [-0.2, 0) is 17.8 Å². The highest BCUT2D eigenvalue weighted by Gasteiger charge is 2.16. The van der Waals surface area contributed by atoms with Crippen molar-refractivity contribution in [2.24, 2.45) is 0 Å². The van der Waals surface area contributed by atoms with Crippen LogP contribution in [0.25, 0.3) is 0 Å². The van der Waals surface area contributed by atoms with Gasteiger partial charge in [-0.25, -0.2) is 4.39 Å². The molecule has 1 N–H and O–H groups in total. The molecule has 0 radical (unpaired) electrons. The number of hydrogen-bond acceptors (Lipinski definition) is 4. The van der Waals surface area contributed by atoms with Gasteiger partial charge in [0.1, 0.15) is 11.6 Å². The summed E-state index contributed by atoms with van der Waals surface area (Å²) >= 11 is 1.13. The standard InChI is InChI=1S/C22H23FN2O3S/c1-15-14-29-22(27)25(15)12-11-21(26)24-20(13-16-3-7-18(23)8-4-16)17-5-9-19(28-2)10-6-17/h3-10,14,20H,11-13H2,1-2H3,(H,24,26). The first-order valence-corrected chi connectivity index (χ1v) is 10.2. The van der Waals surface area contributed by atoms with Gasteiger partial charge >= 0.3 is 4.87 Å². The second-order valence-electron chi connectivity index (χ2n) is 6.77. The van der Waals surface area contributed by atoms with E-state index in [0.29, 0.717) is 13.0 Å². The van der Waals surface area contributed by atoms with Gasteiger partial charge in [-0.3, -0.25) is 9.59 Å². The Morgan fingerprint density at radius 1 is 1.17 bits per heavy atom. The molecule has 3 rings (SSSR count). The molecule has 0 spiro atoms. The number of nitrogens with zero attached hydrogens (tertiary/aromatic N) is 1. The zero-order valence-electron chi connectivity index (χ0n) is 16.4. The second kappa shape index (κ2) is 9.52. The van der Waals surface area contributed by atoms with E-state index in [2.05, 4.69) is 5.32 Å². The molecule has 29 heavy (non-hydrogen) atoms. The van der Waals surface area contributed by atoms with Crippen LogP contribution in [0.4, 0.5) is 4.39 Å². The number of nitrogens with one attached hydrogen (secondary N) is 1. The van der Waals surface area contributed by atoms with E-state index in [1.807, 2.05) is 31.2 Å². The fourth-order valence-corrected chi connectivity index (χ4v) is 3.86. The third-order valence-electron chi connectivity index (χ3n) is 4.75. The van der Waals surface area contributed by atoms with Crippen LogP contribution in [0, 0.1) is 12.7 Å². The van der Waals surface area contributed by atoms with Crippen LogP contribution in [0.1, 0.15) is 29.3 Å². The lowest BCUT2D eigenvalue weighted by Gasteiger charge is -2.20. The molecule has 1 heterocycles. The van der Waals surface area contributed by atoms with Crippen molar-refractivity contribution in [2.45, 2.75) is 32.4 Å². The summed E-state index contributed by atoms with van der Waals surface area (Å²) in [4.78, 5) is 24.4. The lowest BCUT2D eigenvalue weighted by atomic mass is 9.98. The number of halogens is 1. The average molecular weight is 415 g/mol. The predicted octanol–water partition coefficient (Wildman–Crippen LogP) is 3.86. The van der Waals surface area contributed by atoms with Crippen molar-refractivity contribution in [3.05, 3.63) is 86.2 Å². The Bertz CT molecular complexity index is 1010. The molecule has 0 bridgehead atoms. The maximum atomic E-state index is 13.2. The number of aromatic nitrogens is 1. The van der Waals surface area contributed by atoms with Crippen LogP contribution in [0.3, 0.4) is 0 Å². The molecular formula is C22H23FN2O3S. The molecule has 1 amide bonds. The summed E-state index contributed by atoms with van der Waals surface area (Å²) in [6.07, 6.45) is 0.726. The maximum Gasteiger partial charge on any atom is 0.307 e. The Morgan fingerprint density at radius 2 is 1.86 bits per heavy atom. The molecule has 0 saturated heterocycles. The molecular weight excluding hydrogens is 391 g/mol. The van der Waals surface area contributed by atoms with Crippen LogP contribution in [0.2, 0.25) is 0 Å². The number of methoxy groups -OCH3 is 1. The summed E-state index contributed by atoms with van der Waals surface area (Å²) in [6, 6.07) is 13.5. The van der Waals surface area contributed by atoms with Crippen molar-refractivity contribution in [3.63, 3.8) is 0 Å². The maximum absolute atomic E-state index is 13.2. The molecule has 2 aromatic carbocycles. The minimum Gasteiger partial charge on any atom is -0.497 e. The lowest BCUT2D eigenvalue weighted by molar-refractivity contribution is -0.122. The van der Waals surface area contributed by atoms with Gasteiger partial charge in [0, 0.05) is 24.0 Å². The van der Waals surface area contributed by atoms with Gasteiger partial charge in [0.2, 0.25) is 5.91 Å². The van der Waals surface area contributed by atoms with Gasteiger partial charge in [-0.1, -0.05) is 35.6 Å². The summed E-state index contributed by atoms with van der Waals surface area (Å²) in [5.41, 5.74) is 2.69. The SMILES string of the molecule is COc1ccc(C(Cc2ccc(F)cc2)NC(=O)CCn2c(C)csc2=O)cc1. The Morgan fingerprint density at radius 3 is 2.45 bits per heavy atom. The summed E-state index contributed by atoms with van der Waals surface area (Å²) in [7, 11) is 1.60. The smallest absolute Gasteiger partial charge is 0.307 e. The van der Waals surface area contributed by atoms with Gasteiger partial charge in [0.15, 0.2) is 0 Å². The molecule has 1 aromatic heterocycles. The van der Waals surface area contributed by atoms with Gasteiger partial charge in [-0.15, -0.1) is 0 Å². The number of thiazole rings is 1. The first-order valence-electron chi connectivity index (χ1n) is 9.29. The zero-order chi connectivity index (χ0) is 20.8. The molecule has 3 aromatic rings. The minimum atomic E-state index is -0.296. The molecule has 0 aliphatic heterocycles. The lowest BCUT2D eigenvalue weighted by Crippen LogP contribution is -2.31. The molecule has 152 valence electrons. The Balaban J connectivity index is 1.73. The van der Waals surface area contributed by atoms with E-state index in [1.54, 1.807) is 29.2 Å². The highest BCUT2D eigenvalue weighted by atomic mass is 32.1. The quantitative estimate of drug-likeness (QED) is 0.609. The number of benzene rings is 2. The molecule has 7 heteroatoms. The topological polar surface area (TPSA) is 60.3 Å². The summed E-state index contributed by atoms with van der Waals surface area (Å²) in [6.45, 7) is 2.19. The summed E-state index contributed by atoms with van der Waals surface area (Å²) in [5, 5.41) is 4.84. The van der Waals surface area contributed by atoms with Crippen molar-refractivity contribution in [2.75, 3.05) is 7.11 Å². The summed E-state index contributed by atoms with van der Waals surface area (Å²) in [5.74, 6) is 0.286. The van der Waals surface area contributed by atoms with E-state index in [9.17, 15) is 14.0 Å². The molecule has 0 aliphatic carbocycles. The fourth-order valence-electron chi connectivity index (χ4n) is 3.10. The third-order valence-corrected chi connectivity index (χ3v) is 5.63. The van der Waals surface area contributed by atoms with E-state index < -0.39 is 0 Å². The van der Waals surface area contributed by atoms with Crippen molar-refractivity contribution in [1.82, 2.24) is 9.88 Å². The van der Waals surface area contributed by atoms with Crippen molar-refractivity contribution >= 4 is 17.2 Å². The average Bonchev–Trinajstić information content (AvgIpc) is 3.05. The third kappa shape index (κ3) is 5.54. The number of carbonyl (C=O) groups excluding carboxylic acids is 1. The Kier molecular flexibility index (Phi) is 6.82. The van der Waals surface area contributed by atoms with E-state index in [0.717, 1.165) is 33.9 Å². The van der Waals surface area contributed by atoms with E-state index in [4.69, 9.17) is 4.74 Å². The number of rotatable bonds is 8. The van der Waals surface area contributed by atoms with Crippen molar-refractivity contribution in [3.8, 4) is 5.75 Å². The molecule has 0 saturated carbocycles. The van der Waals surface area contributed by atoms with Crippen molar-refractivity contribution < 1.29 is 13.9 Å². The first kappa shape index (κ1) is 20.8. The molecule has 0 aliphatic rings. The van der Waals surface area contributed by atoms with Crippen LogP contribution < -0.4 is 14.9 Å². The number of aryl methyl sites for hydroxylation is 1. The van der Waals surface area contributed by atoms with Gasteiger partial charge in [-0.2, -0.15) is 0 Å². The molecule has 5 nitrogen and oxygen atoms in total. The second-order valence-corrected chi connectivity index (χ2v) is 7.59. The minimum absolute atomic E-state index is 0.0617. The zero-order valence-corrected chi connectivity index (χ0v) is 17.2. The molecule has 1 unspecified atom stereocenters. The molecule has 1 atom stereocenters. The number of amides is 1. The first-order chi connectivity index (χ1) is 14.0. The summed E-state index contributed by atoms with van der Waals surface area (Å²) < 4.78 is 20.0. The Hall–Kier alpha value is -2.93. The fraction of sp³-hybridized carbons (Fsp3) is 0.273.